The van der Waals surface area contributed by atoms with Crippen molar-refractivity contribution in [2.45, 2.75) is 6.92 Å². The van der Waals surface area contributed by atoms with E-state index in [1.54, 1.807) is 25.2 Å². The maximum Gasteiger partial charge on any atom is 0.0892 e. The van der Waals surface area contributed by atoms with Crippen molar-refractivity contribution in [2.24, 2.45) is 0 Å². The van der Waals surface area contributed by atoms with Gasteiger partial charge in [-0.25, -0.2) is 0 Å². The topological polar surface area (TPSA) is 20.2 Å². The highest BCUT2D eigenvalue weighted by Crippen LogP contribution is 2.05. The van der Waals surface area contributed by atoms with Crippen LogP contribution in [0.4, 0.5) is 0 Å². The molecule has 0 rings (SSSR count). The Bertz CT molecular complexity index is 152. The van der Waals surface area contributed by atoms with Crippen molar-refractivity contribution in [1.29, 1.82) is 0 Å². The molecule has 0 fully saturated rings. The van der Waals surface area contributed by atoms with Crippen molar-refractivity contribution in [3.05, 3.63) is 35.0 Å². The van der Waals surface area contributed by atoms with E-state index >= 15 is 0 Å². The summed E-state index contributed by atoms with van der Waals surface area (Å²) in [5, 5.41) is 8.66. The summed E-state index contributed by atoms with van der Waals surface area (Å²) < 4.78 is 0.857. The summed E-state index contributed by atoms with van der Waals surface area (Å²) in [5.74, 6) is 0.286. The fraction of sp³-hybridized carbons (Fsp3) is 0.143. The minimum Gasteiger partial charge on any atom is -0.513 e. The maximum atomic E-state index is 8.66. The zero-order valence-electron chi connectivity index (χ0n) is 5.26. The van der Waals surface area contributed by atoms with Crippen LogP contribution in [0.2, 0.25) is 0 Å². The SMILES string of the molecule is C=C/C(Br)=C\C=C(/C)O. The summed E-state index contributed by atoms with van der Waals surface area (Å²) in [7, 11) is 0. The van der Waals surface area contributed by atoms with Gasteiger partial charge in [-0.3, -0.25) is 0 Å². The van der Waals surface area contributed by atoms with Gasteiger partial charge in [0.05, 0.1) is 5.76 Å². The molecule has 0 bridgehead atoms. The number of allylic oxidation sites excluding steroid dienone is 5. The molecule has 0 aliphatic heterocycles. The zero-order valence-corrected chi connectivity index (χ0v) is 6.85. The Morgan fingerprint density at radius 3 is 2.44 bits per heavy atom. The molecule has 1 N–H and O–H groups in total. The molecular formula is C7H9BrO. The summed E-state index contributed by atoms with van der Waals surface area (Å²) in [6.45, 7) is 5.12. The van der Waals surface area contributed by atoms with Crippen LogP contribution in [-0.2, 0) is 0 Å². The molecule has 0 saturated heterocycles. The predicted molar refractivity (Wildman–Crippen MR) is 43.6 cm³/mol. The van der Waals surface area contributed by atoms with E-state index in [4.69, 9.17) is 5.11 Å². The second kappa shape index (κ2) is 4.39. The molecule has 0 aromatic rings. The normalized spacial score (nSPS) is 13.6. The third-order valence-electron chi connectivity index (χ3n) is 0.679. The number of hydrogen-bond acceptors (Lipinski definition) is 1. The van der Waals surface area contributed by atoms with Crippen LogP contribution in [-0.4, -0.2) is 5.11 Å². The average Bonchev–Trinajstić information content (AvgIpc) is 1.83. The van der Waals surface area contributed by atoms with Gasteiger partial charge in [0.1, 0.15) is 0 Å². The third-order valence-corrected chi connectivity index (χ3v) is 1.27. The van der Waals surface area contributed by atoms with Crippen molar-refractivity contribution in [3.8, 4) is 0 Å². The second-order valence-electron chi connectivity index (χ2n) is 1.56. The molecule has 0 spiro atoms. The van der Waals surface area contributed by atoms with Gasteiger partial charge in [-0.05, 0) is 19.1 Å². The van der Waals surface area contributed by atoms with E-state index in [9.17, 15) is 0 Å². The van der Waals surface area contributed by atoms with Crippen molar-refractivity contribution in [1.82, 2.24) is 0 Å². The Labute approximate surface area is 63.5 Å². The van der Waals surface area contributed by atoms with E-state index in [-0.39, 0.29) is 5.76 Å². The summed E-state index contributed by atoms with van der Waals surface area (Å²) in [5.41, 5.74) is 0. The van der Waals surface area contributed by atoms with Gasteiger partial charge >= 0.3 is 0 Å². The van der Waals surface area contributed by atoms with E-state index in [1.807, 2.05) is 0 Å². The van der Waals surface area contributed by atoms with E-state index in [1.165, 1.54) is 0 Å². The molecule has 0 atom stereocenters. The van der Waals surface area contributed by atoms with E-state index in [2.05, 4.69) is 22.5 Å². The molecule has 0 aliphatic rings. The molecule has 0 aliphatic carbocycles. The number of hydrogen-bond donors (Lipinski definition) is 1. The molecule has 0 saturated carbocycles. The molecule has 0 aromatic heterocycles. The van der Waals surface area contributed by atoms with Crippen LogP contribution in [0.1, 0.15) is 6.92 Å². The van der Waals surface area contributed by atoms with Crippen LogP contribution < -0.4 is 0 Å². The lowest BCUT2D eigenvalue weighted by Gasteiger charge is -1.84. The summed E-state index contributed by atoms with van der Waals surface area (Å²) in [6.07, 6.45) is 4.97. The van der Waals surface area contributed by atoms with Crippen LogP contribution in [0.3, 0.4) is 0 Å². The monoisotopic (exact) mass is 188 g/mol. The second-order valence-corrected chi connectivity index (χ2v) is 2.48. The molecule has 9 heavy (non-hydrogen) atoms. The van der Waals surface area contributed by atoms with E-state index in [0.29, 0.717) is 0 Å². The first-order chi connectivity index (χ1) is 4.16. The lowest BCUT2D eigenvalue weighted by molar-refractivity contribution is 0.414. The highest BCUT2D eigenvalue weighted by atomic mass is 79.9. The molecule has 50 valence electrons. The van der Waals surface area contributed by atoms with Crippen LogP contribution in [0.5, 0.6) is 0 Å². The molecule has 0 radical (unpaired) electrons. The van der Waals surface area contributed by atoms with Crippen molar-refractivity contribution >= 4 is 15.9 Å². The lowest BCUT2D eigenvalue weighted by Crippen LogP contribution is -1.66. The first-order valence-corrected chi connectivity index (χ1v) is 3.31. The molecule has 0 amide bonds. The standard InChI is InChI=1S/C7H9BrO/c1-3-7(8)5-4-6(2)9/h3-5,9H,1H2,2H3/b6-4+,7-5+. The third kappa shape index (κ3) is 5.37. The Morgan fingerprint density at radius 2 is 2.11 bits per heavy atom. The minimum absolute atomic E-state index is 0.286. The summed E-state index contributed by atoms with van der Waals surface area (Å²) in [6, 6.07) is 0. The van der Waals surface area contributed by atoms with Gasteiger partial charge in [0, 0.05) is 4.48 Å². The fourth-order valence-corrected chi connectivity index (χ4v) is 0.400. The molecular weight excluding hydrogens is 180 g/mol. The first kappa shape index (κ1) is 8.50. The Balaban J connectivity index is 3.98. The summed E-state index contributed by atoms with van der Waals surface area (Å²) >= 11 is 3.19. The Hall–Kier alpha value is -0.500. The van der Waals surface area contributed by atoms with Gasteiger partial charge in [-0.15, -0.1) is 0 Å². The number of rotatable bonds is 2. The minimum atomic E-state index is 0.286. The fourth-order valence-electron chi connectivity index (χ4n) is 0.268. The quantitative estimate of drug-likeness (QED) is 0.523. The van der Waals surface area contributed by atoms with Crippen LogP contribution in [0.25, 0.3) is 0 Å². The number of halogens is 1. The molecule has 0 unspecified atom stereocenters. The predicted octanol–water partition coefficient (Wildman–Crippen LogP) is 2.91. The lowest BCUT2D eigenvalue weighted by atomic mass is 10.4. The Morgan fingerprint density at radius 1 is 1.56 bits per heavy atom. The van der Waals surface area contributed by atoms with Gasteiger partial charge in [-0.2, -0.15) is 0 Å². The van der Waals surface area contributed by atoms with Gasteiger partial charge in [-0.1, -0.05) is 28.6 Å². The van der Waals surface area contributed by atoms with Crippen LogP contribution in [0.15, 0.2) is 35.0 Å². The molecule has 2 heteroatoms. The number of aliphatic hydroxyl groups is 1. The molecule has 0 aromatic carbocycles. The van der Waals surface area contributed by atoms with E-state index in [0.717, 1.165) is 4.48 Å². The Kier molecular flexibility index (Phi) is 4.14. The highest BCUT2D eigenvalue weighted by Gasteiger charge is 1.78. The smallest absolute Gasteiger partial charge is 0.0892 e. The average molecular weight is 189 g/mol. The van der Waals surface area contributed by atoms with Crippen molar-refractivity contribution in [3.63, 3.8) is 0 Å². The number of aliphatic hydroxyl groups excluding tert-OH is 1. The maximum absolute atomic E-state index is 8.66. The largest absolute Gasteiger partial charge is 0.513 e. The zero-order chi connectivity index (χ0) is 7.28. The van der Waals surface area contributed by atoms with Gasteiger partial charge in [0.15, 0.2) is 0 Å². The van der Waals surface area contributed by atoms with Crippen molar-refractivity contribution in [2.75, 3.05) is 0 Å². The highest BCUT2D eigenvalue weighted by molar-refractivity contribution is 9.11. The van der Waals surface area contributed by atoms with Crippen molar-refractivity contribution < 1.29 is 5.11 Å². The van der Waals surface area contributed by atoms with Gasteiger partial charge < -0.3 is 5.11 Å². The molecule has 0 heterocycles. The first-order valence-electron chi connectivity index (χ1n) is 2.52. The van der Waals surface area contributed by atoms with Gasteiger partial charge in [0.25, 0.3) is 0 Å². The summed E-state index contributed by atoms with van der Waals surface area (Å²) in [4.78, 5) is 0. The van der Waals surface area contributed by atoms with E-state index < -0.39 is 0 Å². The van der Waals surface area contributed by atoms with Crippen LogP contribution >= 0.6 is 15.9 Å². The molecule has 1 nitrogen and oxygen atoms in total. The van der Waals surface area contributed by atoms with Crippen LogP contribution in [0, 0.1) is 0 Å². The van der Waals surface area contributed by atoms with Gasteiger partial charge in [0.2, 0.25) is 0 Å².